The number of rotatable bonds is 5. The first kappa shape index (κ1) is 15.0. The Hall–Kier alpha value is -1.04. The smallest absolute Gasteiger partial charge is 0.332 e. The fourth-order valence-electron chi connectivity index (χ4n) is 1.46. The third kappa shape index (κ3) is 5.08. The van der Waals surface area contributed by atoms with Crippen molar-refractivity contribution in [3.8, 4) is 0 Å². The van der Waals surface area contributed by atoms with Gasteiger partial charge >= 0.3 is 5.97 Å². The van der Waals surface area contributed by atoms with Gasteiger partial charge in [-0.25, -0.2) is 4.79 Å². The molecule has 0 saturated carbocycles. The lowest BCUT2D eigenvalue weighted by atomic mass is 10.2. The Morgan fingerprint density at radius 1 is 1.39 bits per heavy atom. The van der Waals surface area contributed by atoms with E-state index in [0.29, 0.717) is 6.61 Å². The number of hydrogen-bond acceptors (Lipinski definition) is 3. The van der Waals surface area contributed by atoms with Gasteiger partial charge in [0.2, 0.25) is 0 Å². The Balaban J connectivity index is 2.81. The molecule has 0 fully saturated rings. The van der Waals surface area contributed by atoms with E-state index in [1.807, 2.05) is 51.1 Å². The van der Waals surface area contributed by atoms with Crippen molar-refractivity contribution >= 4 is 34.2 Å². The second-order valence-corrected chi connectivity index (χ2v) is 5.37. The van der Waals surface area contributed by atoms with Crippen LogP contribution in [0, 0.1) is 3.57 Å². The number of carbonyl (C=O) groups is 1. The predicted octanol–water partition coefficient (Wildman–Crippen LogP) is 3.60. The maximum absolute atomic E-state index is 11.8. The quantitative estimate of drug-likeness (QED) is 0.496. The molecule has 1 rings (SSSR count). The van der Waals surface area contributed by atoms with Crippen molar-refractivity contribution in [3.05, 3.63) is 39.5 Å². The Morgan fingerprint density at radius 3 is 2.50 bits per heavy atom. The lowest BCUT2D eigenvalue weighted by molar-refractivity contribution is -0.142. The molecular formula is C14H18INO2. The van der Waals surface area contributed by atoms with E-state index in [0.717, 1.165) is 14.8 Å². The molecule has 0 aliphatic carbocycles. The van der Waals surface area contributed by atoms with Crippen LogP contribution in [0.5, 0.6) is 0 Å². The Labute approximate surface area is 122 Å². The molecule has 0 amide bonds. The first-order valence-electron chi connectivity index (χ1n) is 5.86. The van der Waals surface area contributed by atoms with E-state index in [1.165, 1.54) is 0 Å². The van der Waals surface area contributed by atoms with Crippen molar-refractivity contribution in [3.63, 3.8) is 0 Å². The minimum atomic E-state index is -0.435. The molecule has 18 heavy (non-hydrogen) atoms. The number of allylic oxidation sites excluding steroid dienone is 1. The molecule has 0 aliphatic rings. The molecule has 1 unspecified atom stereocenters. The lowest BCUT2D eigenvalue weighted by Crippen LogP contribution is -2.29. The first-order chi connectivity index (χ1) is 8.52. The molecule has 1 atom stereocenters. The van der Waals surface area contributed by atoms with Gasteiger partial charge in [0.15, 0.2) is 0 Å². The van der Waals surface area contributed by atoms with Crippen molar-refractivity contribution in [1.29, 1.82) is 0 Å². The summed E-state index contributed by atoms with van der Waals surface area (Å²) in [5, 5.41) is 3.17. The van der Waals surface area contributed by atoms with E-state index in [9.17, 15) is 4.79 Å². The summed E-state index contributed by atoms with van der Waals surface area (Å²) in [4.78, 5) is 11.8. The van der Waals surface area contributed by atoms with Crippen molar-refractivity contribution in [2.45, 2.75) is 26.8 Å². The van der Waals surface area contributed by atoms with Gasteiger partial charge in [0, 0.05) is 9.26 Å². The summed E-state index contributed by atoms with van der Waals surface area (Å²) in [7, 11) is 0. The molecule has 4 heteroatoms. The first-order valence-corrected chi connectivity index (χ1v) is 6.94. The van der Waals surface area contributed by atoms with Crippen molar-refractivity contribution in [1.82, 2.24) is 0 Å². The van der Waals surface area contributed by atoms with E-state index >= 15 is 0 Å². The highest BCUT2D eigenvalue weighted by Crippen LogP contribution is 2.13. The summed E-state index contributed by atoms with van der Waals surface area (Å²) in [6.45, 7) is 6.12. The predicted molar refractivity (Wildman–Crippen MR) is 82.6 cm³/mol. The van der Waals surface area contributed by atoms with Crippen LogP contribution in [0.1, 0.15) is 20.8 Å². The minimum Gasteiger partial charge on any atom is -0.464 e. The number of anilines is 1. The molecule has 98 valence electrons. The monoisotopic (exact) mass is 359 g/mol. The molecule has 0 saturated heterocycles. The van der Waals surface area contributed by atoms with Gasteiger partial charge in [0.1, 0.15) is 6.04 Å². The normalized spacial score (nSPS) is 11.6. The van der Waals surface area contributed by atoms with Gasteiger partial charge in [0.05, 0.1) is 6.61 Å². The average molecular weight is 359 g/mol. The highest BCUT2D eigenvalue weighted by atomic mass is 127. The molecule has 3 nitrogen and oxygen atoms in total. The summed E-state index contributed by atoms with van der Waals surface area (Å²) in [6, 6.07) is 7.45. The molecular weight excluding hydrogens is 341 g/mol. The third-order valence-electron chi connectivity index (χ3n) is 2.21. The second kappa shape index (κ2) is 7.41. The van der Waals surface area contributed by atoms with E-state index in [2.05, 4.69) is 27.9 Å². The molecule has 1 aromatic rings. The van der Waals surface area contributed by atoms with Gasteiger partial charge < -0.3 is 10.1 Å². The van der Waals surface area contributed by atoms with Gasteiger partial charge in [-0.05, 0) is 67.6 Å². The van der Waals surface area contributed by atoms with Crippen LogP contribution in [0.4, 0.5) is 5.69 Å². The fourth-order valence-corrected chi connectivity index (χ4v) is 1.82. The number of nitrogens with one attached hydrogen (secondary N) is 1. The SMILES string of the molecule is CCOC(=O)C(C=C(C)C)Nc1ccc(I)cc1. The van der Waals surface area contributed by atoms with E-state index in [4.69, 9.17) is 4.74 Å². The maximum Gasteiger partial charge on any atom is 0.332 e. The number of benzene rings is 1. The van der Waals surface area contributed by atoms with Gasteiger partial charge in [-0.15, -0.1) is 0 Å². The largest absolute Gasteiger partial charge is 0.464 e. The lowest BCUT2D eigenvalue weighted by Gasteiger charge is -2.15. The van der Waals surface area contributed by atoms with Crippen LogP contribution < -0.4 is 5.32 Å². The zero-order chi connectivity index (χ0) is 13.5. The molecule has 1 aromatic carbocycles. The summed E-state index contributed by atoms with van der Waals surface area (Å²) < 4.78 is 6.21. The van der Waals surface area contributed by atoms with Crippen LogP contribution in [-0.2, 0) is 9.53 Å². The van der Waals surface area contributed by atoms with E-state index in [1.54, 1.807) is 0 Å². The van der Waals surface area contributed by atoms with Crippen LogP contribution in [0.15, 0.2) is 35.9 Å². The molecule has 0 radical (unpaired) electrons. The zero-order valence-electron chi connectivity index (χ0n) is 10.9. The molecule has 0 aliphatic heterocycles. The topological polar surface area (TPSA) is 38.3 Å². The van der Waals surface area contributed by atoms with Gasteiger partial charge in [-0.2, -0.15) is 0 Å². The maximum atomic E-state index is 11.8. The summed E-state index contributed by atoms with van der Waals surface area (Å²) in [5.41, 5.74) is 1.98. The number of esters is 1. The highest BCUT2D eigenvalue weighted by Gasteiger charge is 2.16. The average Bonchev–Trinajstić information content (AvgIpc) is 2.31. The molecule has 0 spiro atoms. The van der Waals surface area contributed by atoms with E-state index < -0.39 is 6.04 Å². The Kier molecular flexibility index (Phi) is 6.18. The second-order valence-electron chi connectivity index (χ2n) is 4.12. The fraction of sp³-hybridized carbons (Fsp3) is 0.357. The third-order valence-corrected chi connectivity index (χ3v) is 2.93. The van der Waals surface area contributed by atoms with Gasteiger partial charge in [-0.1, -0.05) is 11.6 Å². The van der Waals surface area contributed by atoms with Crippen LogP contribution in [0.3, 0.4) is 0 Å². The van der Waals surface area contributed by atoms with E-state index in [-0.39, 0.29) is 5.97 Å². The molecule has 0 bridgehead atoms. The Morgan fingerprint density at radius 2 is 2.00 bits per heavy atom. The zero-order valence-corrected chi connectivity index (χ0v) is 13.0. The van der Waals surface area contributed by atoms with Crippen LogP contribution >= 0.6 is 22.6 Å². The number of halogens is 1. The van der Waals surface area contributed by atoms with Crippen molar-refractivity contribution in [2.75, 3.05) is 11.9 Å². The molecule has 0 heterocycles. The van der Waals surface area contributed by atoms with Crippen molar-refractivity contribution in [2.24, 2.45) is 0 Å². The molecule has 1 N–H and O–H groups in total. The summed E-state index contributed by atoms with van der Waals surface area (Å²) in [6.07, 6.45) is 1.87. The van der Waals surface area contributed by atoms with Crippen LogP contribution in [0.2, 0.25) is 0 Å². The summed E-state index contributed by atoms with van der Waals surface area (Å²) >= 11 is 2.25. The van der Waals surface area contributed by atoms with Crippen molar-refractivity contribution < 1.29 is 9.53 Å². The number of hydrogen-bond donors (Lipinski definition) is 1. The number of ether oxygens (including phenoxy) is 1. The minimum absolute atomic E-state index is 0.253. The Bertz CT molecular complexity index is 422. The van der Waals surface area contributed by atoms with Gasteiger partial charge in [-0.3, -0.25) is 0 Å². The van der Waals surface area contributed by atoms with Crippen LogP contribution in [-0.4, -0.2) is 18.6 Å². The highest BCUT2D eigenvalue weighted by molar-refractivity contribution is 14.1. The molecule has 0 aromatic heterocycles. The standard InChI is InChI=1S/C14H18INO2/c1-4-18-14(17)13(9-10(2)3)16-12-7-5-11(15)6-8-12/h5-9,13,16H,4H2,1-3H3. The van der Waals surface area contributed by atoms with Gasteiger partial charge in [0.25, 0.3) is 0 Å². The summed E-state index contributed by atoms with van der Waals surface area (Å²) in [5.74, 6) is -0.253. The number of carbonyl (C=O) groups excluding carboxylic acids is 1. The van der Waals surface area contributed by atoms with Crippen LogP contribution in [0.25, 0.3) is 0 Å².